The van der Waals surface area contributed by atoms with Crippen LogP contribution in [0.4, 0.5) is 41.7 Å². The van der Waals surface area contributed by atoms with Gasteiger partial charge in [-0.2, -0.15) is 13.2 Å². The number of alkyl halides is 3. The topological polar surface area (TPSA) is 69.3 Å². The number of anilines is 5. The van der Waals surface area contributed by atoms with Crippen molar-refractivity contribution in [3.8, 4) is 0 Å². The molecule has 0 unspecified atom stereocenters. The van der Waals surface area contributed by atoms with Gasteiger partial charge in [0.2, 0.25) is 0 Å². The highest BCUT2D eigenvalue weighted by Crippen LogP contribution is 2.37. The molecule has 3 N–H and O–H groups in total. The highest BCUT2D eigenvalue weighted by atomic mass is 19.4. The maximum atomic E-state index is 13.7. The Labute approximate surface area is 196 Å². The summed E-state index contributed by atoms with van der Waals surface area (Å²) < 4.78 is 41.0. The second-order valence-corrected chi connectivity index (χ2v) is 8.08. The fourth-order valence-corrected chi connectivity index (χ4v) is 3.98. The first-order valence-corrected chi connectivity index (χ1v) is 11.1. The number of hydrogen-bond acceptors (Lipinski definition) is 5. The summed E-state index contributed by atoms with van der Waals surface area (Å²) in [6.07, 6.45) is -0.233. The third kappa shape index (κ3) is 5.41. The third-order valence-corrected chi connectivity index (χ3v) is 5.74. The van der Waals surface area contributed by atoms with Crippen molar-refractivity contribution in [2.24, 2.45) is 0 Å². The van der Waals surface area contributed by atoms with Gasteiger partial charge in [-0.15, -0.1) is 0 Å². The van der Waals surface area contributed by atoms with E-state index in [0.29, 0.717) is 5.69 Å². The molecular formula is C25H26F3N5O. The number of rotatable bonds is 6. The molecule has 1 aliphatic heterocycles. The van der Waals surface area contributed by atoms with Gasteiger partial charge in [0, 0.05) is 43.8 Å². The van der Waals surface area contributed by atoms with Crippen LogP contribution < -0.4 is 20.9 Å². The van der Waals surface area contributed by atoms with E-state index >= 15 is 0 Å². The largest absolute Gasteiger partial charge is 0.419 e. The number of carbonyl (C=O) groups is 1. The Morgan fingerprint density at radius 2 is 1.65 bits per heavy atom. The lowest BCUT2D eigenvalue weighted by Crippen LogP contribution is -2.29. The highest BCUT2D eigenvalue weighted by molar-refractivity contribution is 6.00. The molecule has 0 bridgehead atoms. The van der Waals surface area contributed by atoms with Gasteiger partial charge in [-0.05, 0) is 55.7 Å². The predicted octanol–water partition coefficient (Wildman–Crippen LogP) is 5.94. The quantitative estimate of drug-likeness (QED) is 0.417. The number of carbonyl (C=O) groups excluding carboxylic acids is 1. The number of piperidine rings is 1. The smallest absolute Gasteiger partial charge is 0.372 e. The molecule has 9 heteroatoms. The lowest BCUT2D eigenvalue weighted by atomic mass is 10.1. The fraction of sp³-hybridized carbons (Fsp3) is 0.280. The van der Waals surface area contributed by atoms with Gasteiger partial charge in [-0.3, -0.25) is 4.79 Å². The van der Waals surface area contributed by atoms with Crippen molar-refractivity contribution >= 4 is 34.5 Å². The lowest BCUT2D eigenvalue weighted by Gasteiger charge is -2.28. The van der Waals surface area contributed by atoms with Gasteiger partial charge in [-0.25, -0.2) is 4.98 Å². The zero-order valence-corrected chi connectivity index (χ0v) is 18.7. The molecule has 1 fully saturated rings. The predicted molar refractivity (Wildman–Crippen MR) is 128 cm³/mol. The van der Waals surface area contributed by atoms with Crippen molar-refractivity contribution in [3.05, 3.63) is 71.9 Å². The first-order chi connectivity index (χ1) is 16.3. The molecule has 0 radical (unpaired) electrons. The van der Waals surface area contributed by atoms with Gasteiger partial charge in [-0.1, -0.05) is 12.1 Å². The van der Waals surface area contributed by atoms with Crippen molar-refractivity contribution in [3.63, 3.8) is 0 Å². The molecule has 1 aliphatic rings. The van der Waals surface area contributed by atoms with E-state index in [4.69, 9.17) is 0 Å². The first-order valence-electron chi connectivity index (χ1n) is 11.1. The summed E-state index contributed by atoms with van der Waals surface area (Å²) >= 11 is 0. The van der Waals surface area contributed by atoms with E-state index in [1.807, 2.05) is 24.3 Å². The maximum absolute atomic E-state index is 13.7. The lowest BCUT2D eigenvalue weighted by molar-refractivity contribution is -0.137. The van der Waals surface area contributed by atoms with Crippen LogP contribution in [0.25, 0.3) is 0 Å². The van der Waals surface area contributed by atoms with Crippen LogP contribution >= 0.6 is 0 Å². The third-order valence-electron chi connectivity index (χ3n) is 5.74. The van der Waals surface area contributed by atoms with Gasteiger partial charge in [0.1, 0.15) is 5.82 Å². The number of aromatic nitrogens is 1. The molecule has 0 aliphatic carbocycles. The van der Waals surface area contributed by atoms with E-state index < -0.39 is 17.6 Å². The van der Waals surface area contributed by atoms with Crippen LogP contribution in [0.2, 0.25) is 0 Å². The van der Waals surface area contributed by atoms with Crippen LogP contribution in [0.5, 0.6) is 0 Å². The molecule has 6 nitrogen and oxygen atoms in total. The van der Waals surface area contributed by atoms with Crippen molar-refractivity contribution in [1.82, 2.24) is 10.3 Å². The minimum absolute atomic E-state index is 0.203. The van der Waals surface area contributed by atoms with Gasteiger partial charge >= 0.3 is 6.18 Å². The number of nitrogens with one attached hydrogen (secondary N) is 3. The molecular weight excluding hydrogens is 443 g/mol. The minimum Gasteiger partial charge on any atom is -0.372 e. The van der Waals surface area contributed by atoms with Crippen molar-refractivity contribution < 1.29 is 18.0 Å². The van der Waals surface area contributed by atoms with Gasteiger partial charge in [0.05, 0.1) is 22.5 Å². The first kappa shape index (κ1) is 23.4. The number of amides is 1. The fourth-order valence-electron chi connectivity index (χ4n) is 3.98. The number of para-hydroxylation sites is 1. The van der Waals surface area contributed by atoms with Crippen LogP contribution in [0, 0.1) is 0 Å². The average Bonchev–Trinajstić information content (AvgIpc) is 2.84. The monoisotopic (exact) mass is 469 g/mol. The Balaban J connectivity index is 1.59. The molecule has 4 rings (SSSR count). The Morgan fingerprint density at radius 1 is 0.941 bits per heavy atom. The van der Waals surface area contributed by atoms with Crippen molar-refractivity contribution in [2.75, 3.05) is 35.7 Å². The molecule has 0 atom stereocenters. The van der Waals surface area contributed by atoms with E-state index in [1.54, 1.807) is 24.3 Å². The van der Waals surface area contributed by atoms with Crippen LogP contribution in [-0.4, -0.2) is 31.0 Å². The molecule has 1 saturated heterocycles. The molecule has 1 amide bonds. The summed E-state index contributed by atoms with van der Waals surface area (Å²) in [7, 11) is 1.46. The molecule has 0 spiro atoms. The van der Waals surface area contributed by atoms with Crippen molar-refractivity contribution in [1.29, 1.82) is 0 Å². The summed E-state index contributed by atoms with van der Waals surface area (Å²) in [5.41, 5.74) is 1.20. The molecule has 2 aromatic carbocycles. The SMILES string of the molecule is CNC(=O)c1ccccc1Nc1cc(Nc2ccc(N3CCCCC3)cc2)ncc1C(F)(F)F. The van der Waals surface area contributed by atoms with E-state index in [2.05, 4.69) is 25.8 Å². The standard InChI is InChI=1S/C25H26F3N5O/c1-29-24(34)19-7-3-4-8-21(19)32-22-15-23(30-16-20(22)25(26,27)28)31-17-9-11-18(12-10-17)33-13-5-2-6-14-33/h3-4,7-12,15-16H,2,5-6,13-14H2,1H3,(H,29,34)(H2,30,31,32). The van der Waals surface area contributed by atoms with Gasteiger partial charge in [0.25, 0.3) is 5.91 Å². The van der Waals surface area contributed by atoms with Crippen molar-refractivity contribution in [2.45, 2.75) is 25.4 Å². The Morgan fingerprint density at radius 3 is 2.32 bits per heavy atom. The molecule has 3 aromatic rings. The number of nitrogens with zero attached hydrogens (tertiary/aromatic N) is 2. The molecule has 34 heavy (non-hydrogen) atoms. The number of hydrogen-bond donors (Lipinski definition) is 3. The van der Waals surface area contributed by atoms with E-state index in [-0.39, 0.29) is 22.8 Å². The van der Waals surface area contributed by atoms with Crippen LogP contribution in [-0.2, 0) is 6.18 Å². The molecule has 2 heterocycles. The van der Waals surface area contributed by atoms with Crippen LogP contribution in [0.1, 0.15) is 35.2 Å². The number of pyridine rings is 1. The normalized spacial score (nSPS) is 13.9. The highest BCUT2D eigenvalue weighted by Gasteiger charge is 2.34. The zero-order valence-electron chi connectivity index (χ0n) is 18.7. The van der Waals surface area contributed by atoms with E-state index in [9.17, 15) is 18.0 Å². The van der Waals surface area contributed by atoms with E-state index in [0.717, 1.165) is 25.0 Å². The molecule has 1 aromatic heterocycles. The summed E-state index contributed by atoms with van der Waals surface area (Å²) in [6, 6.07) is 15.4. The maximum Gasteiger partial charge on any atom is 0.419 e. The Hall–Kier alpha value is -3.75. The van der Waals surface area contributed by atoms with Gasteiger partial charge < -0.3 is 20.9 Å². The molecule has 178 valence electrons. The summed E-state index contributed by atoms with van der Waals surface area (Å²) in [6.45, 7) is 2.06. The summed E-state index contributed by atoms with van der Waals surface area (Å²) in [5.74, 6) is -0.156. The van der Waals surface area contributed by atoms with Crippen LogP contribution in [0.15, 0.2) is 60.8 Å². The Kier molecular flexibility index (Phi) is 6.90. The van der Waals surface area contributed by atoms with Crippen LogP contribution in [0.3, 0.4) is 0 Å². The second-order valence-electron chi connectivity index (χ2n) is 8.08. The van der Waals surface area contributed by atoms with E-state index in [1.165, 1.54) is 32.4 Å². The Bertz CT molecular complexity index is 1140. The molecule has 0 saturated carbocycles. The minimum atomic E-state index is -4.62. The average molecular weight is 470 g/mol. The van der Waals surface area contributed by atoms with Gasteiger partial charge in [0.15, 0.2) is 0 Å². The summed E-state index contributed by atoms with van der Waals surface area (Å²) in [4.78, 5) is 18.5. The number of benzene rings is 2. The summed E-state index contributed by atoms with van der Waals surface area (Å²) in [5, 5.41) is 8.34. The zero-order chi connectivity index (χ0) is 24.1. The second kappa shape index (κ2) is 10.0. The number of halogens is 3.